The highest BCUT2D eigenvalue weighted by atomic mass is 33.1. The Bertz CT molecular complexity index is 3950. The second-order valence-electron chi connectivity index (χ2n) is 26.5. The van der Waals surface area contributed by atoms with Gasteiger partial charge in [-0.3, -0.25) is 24.6 Å². The van der Waals surface area contributed by atoms with Crippen LogP contribution in [-0.2, 0) is 23.7 Å². The van der Waals surface area contributed by atoms with Crippen molar-refractivity contribution in [1.82, 2.24) is 14.7 Å². The molecule has 0 spiro atoms. The van der Waals surface area contributed by atoms with E-state index in [1.807, 2.05) is 81.4 Å². The number of nitrogens with zero attached hydrogens (tertiary/aromatic N) is 4. The third kappa shape index (κ3) is 14.8. The number of likely N-dealkylation sites (tertiary alicyclic amines) is 1. The van der Waals surface area contributed by atoms with E-state index in [1.54, 1.807) is 32.7 Å². The summed E-state index contributed by atoms with van der Waals surface area (Å²) in [6.45, 7) is 17.7. The van der Waals surface area contributed by atoms with E-state index in [0.29, 0.717) is 55.6 Å². The van der Waals surface area contributed by atoms with Gasteiger partial charge in [0.25, 0.3) is 11.8 Å². The molecule has 0 bridgehead atoms. The summed E-state index contributed by atoms with van der Waals surface area (Å²) in [5.41, 5.74) is 11.4. The van der Waals surface area contributed by atoms with Crippen LogP contribution >= 0.6 is 21.6 Å². The Kier molecular flexibility index (Phi) is 21.6. The van der Waals surface area contributed by atoms with E-state index in [1.165, 1.54) is 34.9 Å². The summed E-state index contributed by atoms with van der Waals surface area (Å²) in [6.07, 6.45) is 0.844. The molecule has 0 saturated carbocycles. The number of nitrogens with one attached hydrogen (secondary N) is 1. The highest BCUT2D eigenvalue weighted by molar-refractivity contribution is 8.77. The lowest BCUT2D eigenvalue weighted by molar-refractivity contribution is -0.118. The highest BCUT2D eigenvalue weighted by Crippen LogP contribution is 2.48. The first kappa shape index (κ1) is 69.2. The zero-order valence-corrected chi connectivity index (χ0v) is 57.9. The molecule has 4 aliphatic heterocycles. The molecular weight excluding hydrogens is 1280 g/mol. The van der Waals surface area contributed by atoms with Gasteiger partial charge in [-0.1, -0.05) is 156 Å². The number of ether oxygens (including phenoxy) is 7. The summed E-state index contributed by atoms with van der Waals surface area (Å²) in [7, 11) is 4.53. The SMILES string of the molecule is C=C1C[C@@H](C2OCCN2C(=O)OCC2c3ccccc3-c3ccccc32)N(C(=O)c2cc(C)c(OCCCCCOc3cc4c(cc3OC)C(=O)N3CC(=C)C[C@H]3C(O)N4C(=O)OCC(C)(C)SSCCC(=O)CCCC)cc2NC(=O)OCC2c3ccccc3-c3ccccc32)C1. The van der Waals surface area contributed by atoms with Crippen molar-refractivity contribution < 1.29 is 67.0 Å². The van der Waals surface area contributed by atoms with Gasteiger partial charge in [0.05, 0.1) is 72.8 Å². The van der Waals surface area contributed by atoms with Crippen LogP contribution in [-0.4, -0.2) is 157 Å². The van der Waals surface area contributed by atoms with Crippen LogP contribution in [0.2, 0.25) is 0 Å². The second-order valence-corrected chi connectivity index (χ2v) is 29.6. The average molecular weight is 1370 g/mol. The van der Waals surface area contributed by atoms with Crippen molar-refractivity contribution >= 4 is 68.8 Å². The third-order valence-corrected chi connectivity index (χ3v) is 22.3. The van der Waals surface area contributed by atoms with Crippen LogP contribution in [0.1, 0.15) is 139 Å². The van der Waals surface area contributed by atoms with Gasteiger partial charge in [0.1, 0.15) is 31.4 Å². The molecule has 514 valence electrons. The van der Waals surface area contributed by atoms with Crippen molar-refractivity contribution in [1.29, 1.82) is 0 Å². The Balaban J connectivity index is 0.715. The normalized spacial score (nSPS) is 18.5. The molecule has 4 heterocycles. The minimum Gasteiger partial charge on any atom is -0.493 e. The Labute approximate surface area is 580 Å². The molecule has 4 atom stereocenters. The predicted octanol–water partition coefficient (Wildman–Crippen LogP) is 14.7. The van der Waals surface area contributed by atoms with E-state index in [9.17, 15) is 29.1 Å². The molecule has 3 saturated heterocycles. The van der Waals surface area contributed by atoms with Crippen LogP contribution in [0.5, 0.6) is 17.2 Å². The molecule has 6 aliphatic rings. The highest BCUT2D eigenvalue weighted by Gasteiger charge is 2.48. The van der Waals surface area contributed by atoms with Crippen LogP contribution < -0.4 is 24.4 Å². The van der Waals surface area contributed by atoms with E-state index in [2.05, 4.69) is 61.8 Å². The first-order valence-corrected chi connectivity index (χ1v) is 36.1. The molecule has 21 heteroatoms. The summed E-state index contributed by atoms with van der Waals surface area (Å²) in [6, 6.07) is 37.5. The number of Topliss-reactive ketones (excluding diaryl/α,β-unsaturated/α-hetero) is 1. The predicted molar refractivity (Wildman–Crippen MR) is 379 cm³/mol. The van der Waals surface area contributed by atoms with Crippen molar-refractivity contribution in [3.05, 3.63) is 185 Å². The molecule has 2 N–H and O–H groups in total. The fraction of sp³-hybridized carbons (Fsp3) is 0.403. The molecule has 12 rings (SSSR count). The van der Waals surface area contributed by atoms with Gasteiger partial charge in [0.2, 0.25) is 0 Å². The number of amides is 5. The summed E-state index contributed by atoms with van der Waals surface area (Å²) >= 11 is 0. The molecule has 19 nitrogen and oxygen atoms in total. The van der Waals surface area contributed by atoms with Crippen molar-refractivity contribution in [3.8, 4) is 39.5 Å². The van der Waals surface area contributed by atoms with Gasteiger partial charge in [-0.25, -0.2) is 19.3 Å². The number of fused-ring (bicyclic) bond motifs is 8. The Hall–Kier alpha value is -8.76. The maximum absolute atomic E-state index is 15.3. The third-order valence-electron chi connectivity index (χ3n) is 19.0. The Morgan fingerprint density at radius 1 is 0.673 bits per heavy atom. The van der Waals surface area contributed by atoms with E-state index < -0.39 is 59.4 Å². The van der Waals surface area contributed by atoms with Crippen LogP contribution in [0, 0.1) is 6.92 Å². The fourth-order valence-electron chi connectivity index (χ4n) is 14.1. The maximum Gasteiger partial charge on any atom is 0.416 e. The number of hydrogen-bond acceptors (Lipinski definition) is 16. The van der Waals surface area contributed by atoms with Gasteiger partial charge in [-0.2, -0.15) is 0 Å². The Morgan fingerprint density at radius 3 is 1.89 bits per heavy atom. The number of aliphatic hydroxyl groups excluding tert-OH is 1. The zero-order chi connectivity index (χ0) is 68.8. The number of unbranched alkanes of at least 4 members (excludes halogenated alkanes) is 3. The average Bonchev–Trinajstić information content (AvgIpc) is 1.56. The smallest absolute Gasteiger partial charge is 0.416 e. The van der Waals surface area contributed by atoms with Crippen LogP contribution in [0.15, 0.2) is 146 Å². The van der Waals surface area contributed by atoms with Crippen LogP contribution in [0.4, 0.5) is 25.8 Å². The molecule has 6 aromatic carbocycles. The number of aryl methyl sites for hydroxylation is 1. The number of rotatable bonds is 26. The summed E-state index contributed by atoms with van der Waals surface area (Å²) in [5, 5.41) is 14.9. The Morgan fingerprint density at radius 2 is 1.27 bits per heavy atom. The van der Waals surface area contributed by atoms with Gasteiger partial charge in [0.15, 0.2) is 24.0 Å². The molecular formula is C77H85N5O14S2. The summed E-state index contributed by atoms with van der Waals surface area (Å²) < 4.78 is 42.5. The molecule has 3 fully saturated rings. The summed E-state index contributed by atoms with van der Waals surface area (Å²) in [5.74, 6) is 0.625. The standard InChI is InChI=1S/C77H85N5O14S2/c1-8-9-21-50(83)30-35-97-98-77(5,6)46-96-76(89)82-64-41-69(68(90-7)39-60(64)71(85)80-42-47(2)36-65(80)72(82)86)92-33-20-10-19-32-91-67-40-63(78-74(87)94-44-61-55-26-15-11-22-51(55)52-23-12-16-27-56(52)61)59(38-49(67)4)70(84)81-43-48(3)37-66(81)73-79(31-34-93-73)75(88)95-45-62-57-28-17-13-24-53(57)54-25-14-18-29-58(54)62/h11-18,22-29,38-41,61-62,65-66,72-73,86H,2-3,8-10,19-21,30-37,42-46H2,1,4-7H3,(H,78,87)/t65-,66-,72?,73?/m0/s1. The quantitative estimate of drug-likeness (QED) is 0.0224. The number of anilines is 2. The minimum absolute atomic E-state index is 0.0178. The molecule has 2 unspecified atom stereocenters. The number of carbonyl (C=O) groups is 6. The van der Waals surface area contributed by atoms with Gasteiger partial charge in [-0.05, 0) is 121 Å². The van der Waals surface area contributed by atoms with Crippen molar-refractivity contribution in [2.45, 2.75) is 127 Å². The summed E-state index contributed by atoms with van der Waals surface area (Å²) in [4.78, 5) is 90.5. The van der Waals surface area contributed by atoms with E-state index >= 15 is 4.79 Å². The largest absolute Gasteiger partial charge is 0.493 e. The number of ketones is 1. The first-order valence-electron chi connectivity index (χ1n) is 33.8. The van der Waals surface area contributed by atoms with Crippen molar-refractivity contribution in [2.24, 2.45) is 0 Å². The number of hydrogen-bond donors (Lipinski definition) is 2. The number of methoxy groups -OCH3 is 1. The molecule has 5 amide bonds. The topological polar surface area (TPSA) is 212 Å². The van der Waals surface area contributed by atoms with Gasteiger partial charge < -0.3 is 48.1 Å². The van der Waals surface area contributed by atoms with Crippen LogP contribution in [0.3, 0.4) is 0 Å². The number of benzene rings is 6. The lowest BCUT2D eigenvalue weighted by Crippen LogP contribution is -2.51. The van der Waals surface area contributed by atoms with Gasteiger partial charge in [0, 0.05) is 55.7 Å². The fourth-order valence-corrected chi connectivity index (χ4v) is 16.5. The zero-order valence-electron chi connectivity index (χ0n) is 56.2. The second kappa shape index (κ2) is 30.6. The van der Waals surface area contributed by atoms with Crippen LogP contribution in [0.25, 0.3) is 22.3 Å². The minimum atomic E-state index is -1.47. The number of carbonyl (C=O) groups excluding carboxylic acids is 6. The maximum atomic E-state index is 15.3. The van der Waals surface area contributed by atoms with E-state index in [0.717, 1.165) is 73.4 Å². The lowest BCUT2D eigenvalue weighted by Gasteiger charge is -2.33. The molecule has 6 aromatic rings. The number of aliphatic hydroxyl groups is 1. The van der Waals surface area contributed by atoms with E-state index in [4.69, 9.17) is 33.2 Å². The molecule has 98 heavy (non-hydrogen) atoms. The molecule has 0 aromatic heterocycles. The lowest BCUT2D eigenvalue weighted by atomic mass is 9.98. The molecule has 2 aliphatic carbocycles. The molecule has 0 radical (unpaired) electrons. The van der Waals surface area contributed by atoms with E-state index in [-0.39, 0.29) is 117 Å². The van der Waals surface area contributed by atoms with Gasteiger partial charge >= 0.3 is 18.3 Å². The van der Waals surface area contributed by atoms with Crippen molar-refractivity contribution in [2.75, 3.05) is 82.4 Å². The monoisotopic (exact) mass is 1370 g/mol. The van der Waals surface area contributed by atoms with Gasteiger partial charge in [-0.15, -0.1) is 0 Å². The first-order chi connectivity index (χ1) is 47.4. The van der Waals surface area contributed by atoms with Crippen molar-refractivity contribution in [3.63, 3.8) is 0 Å².